The van der Waals surface area contributed by atoms with Gasteiger partial charge in [0.1, 0.15) is 0 Å². The second-order valence-electron chi connectivity index (χ2n) is 7.72. The summed E-state index contributed by atoms with van der Waals surface area (Å²) in [6.07, 6.45) is 0.447. The zero-order valence-corrected chi connectivity index (χ0v) is 18.8. The predicted octanol–water partition coefficient (Wildman–Crippen LogP) is 6.14. The summed E-state index contributed by atoms with van der Waals surface area (Å²) in [5, 5.41) is 4.68. The Hall–Kier alpha value is -3.44. The Morgan fingerprint density at radius 3 is 2.50 bits per heavy atom. The minimum absolute atomic E-state index is 0.0315. The van der Waals surface area contributed by atoms with Gasteiger partial charge in [0, 0.05) is 29.1 Å². The standard InChI is InChI=1S/C26H24ClN3O2/c1-18-11-13-21(14-12-18)26(31)30(19(2)20-7-4-3-5-8-20)16-15-24-28-25(29-32-24)22-9-6-10-23(27)17-22/h3-14,17,19H,15-16H2,1-2H3/t19-/m0/s1. The Kier molecular flexibility index (Phi) is 6.66. The highest BCUT2D eigenvalue weighted by atomic mass is 35.5. The summed E-state index contributed by atoms with van der Waals surface area (Å²) < 4.78 is 5.45. The maximum atomic E-state index is 13.4. The molecule has 5 nitrogen and oxygen atoms in total. The topological polar surface area (TPSA) is 59.2 Å². The van der Waals surface area contributed by atoms with Crippen LogP contribution in [0.15, 0.2) is 83.4 Å². The Labute approximate surface area is 192 Å². The molecule has 0 radical (unpaired) electrons. The number of carbonyl (C=O) groups is 1. The van der Waals surface area contributed by atoms with Crippen molar-refractivity contribution in [3.63, 3.8) is 0 Å². The van der Waals surface area contributed by atoms with Crippen LogP contribution in [0.5, 0.6) is 0 Å². The Morgan fingerprint density at radius 2 is 1.78 bits per heavy atom. The lowest BCUT2D eigenvalue weighted by Gasteiger charge is -2.29. The number of hydrogen-bond donors (Lipinski definition) is 0. The van der Waals surface area contributed by atoms with E-state index in [1.54, 1.807) is 12.1 Å². The van der Waals surface area contributed by atoms with Gasteiger partial charge in [-0.3, -0.25) is 4.79 Å². The molecule has 4 aromatic rings. The molecule has 0 aliphatic heterocycles. The molecule has 0 saturated heterocycles. The number of hydrogen-bond acceptors (Lipinski definition) is 4. The molecular weight excluding hydrogens is 422 g/mol. The number of amides is 1. The summed E-state index contributed by atoms with van der Waals surface area (Å²) in [6.45, 7) is 4.48. The van der Waals surface area contributed by atoms with Crippen LogP contribution < -0.4 is 0 Å². The van der Waals surface area contributed by atoms with Crippen molar-refractivity contribution in [1.82, 2.24) is 15.0 Å². The van der Waals surface area contributed by atoms with Crippen molar-refractivity contribution >= 4 is 17.5 Å². The van der Waals surface area contributed by atoms with Gasteiger partial charge < -0.3 is 9.42 Å². The zero-order chi connectivity index (χ0) is 22.5. The molecule has 0 N–H and O–H groups in total. The van der Waals surface area contributed by atoms with E-state index in [1.165, 1.54) is 0 Å². The zero-order valence-electron chi connectivity index (χ0n) is 18.0. The van der Waals surface area contributed by atoms with E-state index in [9.17, 15) is 4.79 Å². The van der Waals surface area contributed by atoms with E-state index in [0.29, 0.717) is 35.3 Å². The summed E-state index contributed by atoms with van der Waals surface area (Å²) in [5.41, 5.74) is 3.63. The quantitative estimate of drug-likeness (QED) is 0.342. The van der Waals surface area contributed by atoms with Gasteiger partial charge in [0.05, 0.1) is 6.04 Å². The summed E-state index contributed by atoms with van der Waals surface area (Å²) in [5.74, 6) is 0.924. The Morgan fingerprint density at radius 1 is 1.03 bits per heavy atom. The van der Waals surface area contributed by atoms with Gasteiger partial charge in [-0.05, 0) is 43.7 Å². The fraction of sp³-hybridized carbons (Fsp3) is 0.192. The lowest BCUT2D eigenvalue weighted by atomic mass is 10.0. The lowest BCUT2D eigenvalue weighted by molar-refractivity contribution is 0.0689. The van der Waals surface area contributed by atoms with Crippen molar-refractivity contribution < 1.29 is 9.32 Å². The van der Waals surface area contributed by atoms with Crippen molar-refractivity contribution in [2.45, 2.75) is 26.3 Å². The smallest absolute Gasteiger partial charge is 0.254 e. The van der Waals surface area contributed by atoms with Gasteiger partial charge in [-0.15, -0.1) is 0 Å². The van der Waals surface area contributed by atoms with Gasteiger partial charge in [0.15, 0.2) is 0 Å². The summed E-state index contributed by atoms with van der Waals surface area (Å²) in [4.78, 5) is 19.7. The first-order chi connectivity index (χ1) is 15.5. The monoisotopic (exact) mass is 445 g/mol. The highest BCUT2D eigenvalue weighted by Gasteiger charge is 2.23. The summed E-state index contributed by atoms with van der Waals surface area (Å²) in [6, 6.07) is 24.8. The molecule has 0 unspecified atom stereocenters. The van der Waals surface area contributed by atoms with Crippen molar-refractivity contribution in [3.05, 3.63) is 106 Å². The Balaban J connectivity index is 1.55. The fourth-order valence-corrected chi connectivity index (χ4v) is 3.75. The fourth-order valence-electron chi connectivity index (χ4n) is 3.56. The SMILES string of the molecule is Cc1ccc(C(=O)N(CCc2nc(-c3cccc(Cl)c3)no2)[C@@H](C)c2ccccc2)cc1. The third kappa shape index (κ3) is 5.06. The minimum Gasteiger partial charge on any atom is -0.339 e. The first kappa shape index (κ1) is 21.8. The van der Waals surface area contributed by atoms with Crippen LogP contribution >= 0.6 is 11.6 Å². The molecule has 1 aromatic heterocycles. The molecule has 4 rings (SSSR count). The van der Waals surface area contributed by atoms with E-state index in [1.807, 2.05) is 85.5 Å². The number of aryl methyl sites for hydroxylation is 1. The number of halogens is 1. The number of rotatable bonds is 7. The maximum Gasteiger partial charge on any atom is 0.254 e. The molecular formula is C26H24ClN3O2. The number of carbonyl (C=O) groups excluding carboxylic acids is 1. The highest BCUT2D eigenvalue weighted by molar-refractivity contribution is 6.30. The Bertz CT molecular complexity index is 1190. The van der Waals surface area contributed by atoms with Crippen molar-refractivity contribution in [1.29, 1.82) is 0 Å². The van der Waals surface area contributed by atoms with Gasteiger partial charge in [-0.25, -0.2) is 0 Å². The molecule has 162 valence electrons. The van der Waals surface area contributed by atoms with Crippen LogP contribution in [-0.2, 0) is 6.42 Å². The van der Waals surface area contributed by atoms with Crippen LogP contribution in [0.25, 0.3) is 11.4 Å². The van der Waals surface area contributed by atoms with E-state index < -0.39 is 0 Å². The highest BCUT2D eigenvalue weighted by Crippen LogP contribution is 2.24. The van der Waals surface area contributed by atoms with E-state index in [4.69, 9.17) is 16.1 Å². The van der Waals surface area contributed by atoms with Crippen LogP contribution in [0.3, 0.4) is 0 Å². The first-order valence-electron chi connectivity index (χ1n) is 10.5. The second kappa shape index (κ2) is 9.79. The molecule has 0 aliphatic rings. The molecule has 32 heavy (non-hydrogen) atoms. The van der Waals surface area contributed by atoms with Gasteiger partial charge in [0.2, 0.25) is 11.7 Å². The lowest BCUT2D eigenvalue weighted by Crippen LogP contribution is -2.35. The van der Waals surface area contributed by atoms with Crippen molar-refractivity contribution in [3.8, 4) is 11.4 Å². The van der Waals surface area contributed by atoms with E-state index >= 15 is 0 Å². The average molecular weight is 446 g/mol. The maximum absolute atomic E-state index is 13.4. The number of benzene rings is 3. The molecule has 3 aromatic carbocycles. The number of nitrogens with zero attached hydrogens (tertiary/aromatic N) is 3. The predicted molar refractivity (Wildman–Crippen MR) is 126 cm³/mol. The third-order valence-electron chi connectivity index (χ3n) is 5.43. The van der Waals surface area contributed by atoms with Crippen LogP contribution in [0.2, 0.25) is 5.02 Å². The van der Waals surface area contributed by atoms with Crippen LogP contribution in [-0.4, -0.2) is 27.5 Å². The largest absolute Gasteiger partial charge is 0.339 e. The summed E-state index contributed by atoms with van der Waals surface area (Å²) >= 11 is 6.07. The minimum atomic E-state index is -0.111. The van der Waals surface area contributed by atoms with E-state index in [-0.39, 0.29) is 11.9 Å². The van der Waals surface area contributed by atoms with E-state index in [0.717, 1.165) is 16.7 Å². The molecule has 0 fully saturated rings. The van der Waals surface area contributed by atoms with Gasteiger partial charge in [-0.1, -0.05) is 76.9 Å². The van der Waals surface area contributed by atoms with Gasteiger partial charge in [-0.2, -0.15) is 4.98 Å². The first-order valence-corrected chi connectivity index (χ1v) is 10.9. The third-order valence-corrected chi connectivity index (χ3v) is 5.66. The second-order valence-corrected chi connectivity index (χ2v) is 8.16. The normalized spacial score (nSPS) is 11.8. The molecule has 0 aliphatic carbocycles. The average Bonchev–Trinajstić information content (AvgIpc) is 3.29. The van der Waals surface area contributed by atoms with Crippen LogP contribution in [0.1, 0.15) is 40.3 Å². The molecule has 1 amide bonds. The molecule has 0 saturated carbocycles. The molecule has 1 atom stereocenters. The molecule has 1 heterocycles. The van der Waals surface area contributed by atoms with Gasteiger partial charge >= 0.3 is 0 Å². The van der Waals surface area contributed by atoms with Crippen molar-refractivity contribution in [2.75, 3.05) is 6.54 Å². The molecule has 0 spiro atoms. The number of aromatic nitrogens is 2. The van der Waals surface area contributed by atoms with Crippen LogP contribution in [0, 0.1) is 6.92 Å². The molecule has 0 bridgehead atoms. The van der Waals surface area contributed by atoms with Crippen LogP contribution in [0.4, 0.5) is 0 Å². The molecule has 6 heteroatoms. The van der Waals surface area contributed by atoms with Gasteiger partial charge in [0.25, 0.3) is 5.91 Å². The van der Waals surface area contributed by atoms with E-state index in [2.05, 4.69) is 10.1 Å². The van der Waals surface area contributed by atoms with Crippen molar-refractivity contribution in [2.24, 2.45) is 0 Å². The summed E-state index contributed by atoms with van der Waals surface area (Å²) in [7, 11) is 0.